The van der Waals surface area contributed by atoms with Gasteiger partial charge in [-0.3, -0.25) is 9.69 Å². The minimum Gasteiger partial charge on any atom is -0.497 e. The van der Waals surface area contributed by atoms with Crippen molar-refractivity contribution in [3.05, 3.63) is 114 Å². The van der Waals surface area contributed by atoms with Gasteiger partial charge >= 0.3 is 0 Å². The lowest BCUT2D eigenvalue weighted by atomic mass is 10.1. The molecule has 4 aromatic carbocycles. The van der Waals surface area contributed by atoms with E-state index in [4.69, 9.17) is 24.3 Å². The van der Waals surface area contributed by atoms with Crippen molar-refractivity contribution in [2.24, 2.45) is 4.99 Å². The lowest BCUT2D eigenvalue weighted by molar-refractivity contribution is 0.0383. The number of methoxy groups -OCH3 is 1. The Balaban J connectivity index is 0.973. The number of fused-ring (bicyclic) bond motifs is 1. The summed E-state index contributed by atoms with van der Waals surface area (Å²) in [5.74, 6) is 3.65. The third-order valence-electron chi connectivity index (χ3n) is 9.79. The lowest BCUT2D eigenvalue weighted by Crippen LogP contribution is -2.41. The number of nitrogens with one attached hydrogen (secondary N) is 3. The van der Waals surface area contributed by atoms with Gasteiger partial charge in [0.05, 0.1) is 31.7 Å². The number of nitrogens with zero attached hydrogens (tertiary/aromatic N) is 6. The molecule has 2 aliphatic rings. The average Bonchev–Trinajstić information content (AvgIpc) is 3.99. The maximum absolute atomic E-state index is 13.1. The number of aryl methyl sites for hydroxylation is 1. The number of morpholine rings is 1. The zero-order valence-corrected chi connectivity index (χ0v) is 31.8. The van der Waals surface area contributed by atoms with Crippen LogP contribution in [0.5, 0.6) is 17.4 Å². The van der Waals surface area contributed by atoms with E-state index in [-0.39, 0.29) is 5.91 Å². The Morgan fingerprint density at radius 1 is 0.964 bits per heavy atom. The summed E-state index contributed by atoms with van der Waals surface area (Å²) < 4.78 is 19.2. The van der Waals surface area contributed by atoms with Gasteiger partial charge in [0.1, 0.15) is 17.3 Å². The number of hydrogen-bond acceptors (Lipinski definition) is 10. The SMILES string of the molecule is COc1cc(Nc2nccc(Oc3ccc(NC(C)=Nc4cc(C5CC5)nn4-c4ccc(C)cc4)c4ccccc34)n2)cc(C(=O)NCCN2CCOCC2)c1. The molecule has 56 heavy (non-hydrogen) atoms. The van der Waals surface area contributed by atoms with Crippen LogP contribution in [-0.2, 0) is 4.74 Å². The van der Waals surface area contributed by atoms with Crippen molar-refractivity contribution in [1.29, 1.82) is 0 Å². The zero-order valence-electron chi connectivity index (χ0n) is 31.8. The Kier molecular flexibility index (Phi) is 10.9. The molecule has 0 spiro atoms. The first-order valence-electron chi connectivity index (χ1n) is 18.9. The fourth-order valence-corrected chi connectivity index (χ4v) is 6.66. The second kappa shape index (κ2) is 16.6. The molecule has 8 rings (SSSR count). The maximum atomic E-state index is 13.1. The number of amides is 1. The van der Waals surface area contributed by atoms with Gasteiger partial charge in [0.25, 0.3) is 5.91 Å². The van der Waals surface area contributed by atoms with Crippen LogP contribution in [0, 0.1) is 6.92 Å². The standard InChI is InChI=1S/C43H45N9O4/c1-28-8-12-33(13-9-28)52-40(27-38(50-52)30-10-11-30)47-29(2)46-37-14-15-39(36-7-5-4-6-35(36)37)56-41-16-17-45-43(49-41)48-32-24-31(25-34(26-32)54-3)42(53)44-18-19-51-20-22-55-23-21-51/h4-9,12-17,24-27,30H,10-11,18-23H2,1-3H3,(H,44,53)(H,46,47)(H,45,48,49). The Bertz CT molecular complexity index is 2370. The van der Waals surface area contributed by atoms with Gasteiger partial charge in [0.15, 0.2) is 5.82 Å². The molecule has 13 heteroatoms. The number of carbonyl (C=O) groups excluding carboxylic acids is 1. The number of benzene rings is 4. The van der Waals surface area contributed by atoms with E-state index in [1.165, 1.54) is 18.4 Å². The summed E-state index contributed by atoms with van der Waals surface area (Å²) in [4.78, 5) is 29.4. The molecule has 1 amide bonds. The second-order valence-corrected chi connectivity index (χ2v) is 14.0. The third kappa shape index (κ3) is 8.80. The molecule has 3 N–H and O–H groups in total. The van der Waals surface area contributed by atoms with E-state index in [2.05, 4.69) is 68.1 Å². The Morgan fingerprint density at radius 2 is 1.77 bits per heavy atom. The summed E-state index contributed by atoms with van der Waals surface area (Å²) in [5.41, 5.74) is 5.21. The van der Waals surface area contributed by atoms with Crippen molar-refractivity contribution in [1.82, 2.24) is 30.0 Å². The minimum atomic E-state index is -0.193. The van der Waals surface area contributed by atoms with Gasteiger partial charge in [0.2, 0.25) is 11.8 Å². The lowest BCUT2D eigenvalue weighted by Gasteiger charge is -2.26. The van der Waals surface area contributed by atoms with Gasteiger partial charge in [0, 0.05) is 84.2 Å². The van der Waals surface area contributed by atoms with Crippen molar-refractivity contribution < 1.29 is 19.0 Å². The molecule has 0 bridgehead atoms. The third-order valence-corrected chi connectivity index (χ3v) is 9.79. The topological polar surface area (TPSA) is 140 Å². The molecule has 0 unspecified atom stereocenters. The monoisotopic (exact) mass is 751 g/mol. The van der Waals surface area contributed by atoms with Gasteiger partial charge in [-0.2, -0.15) is 10.1 Å². The Labute approximate surface area is 325 Å². The van der Waals surface area contributed by atoms with Crippen LogP contribution in [0.25, 0.3) is 16.5 Å². The molecule has 13 nitrogen and oxygen atoms in total. The van der Waals surface area contributed by atoms with Crippen molar-refractivity contribution in [2.75, 3.05) is 57.1 Å². The fourth-order valence-electron chi connectivity index (χ4n) is 6.66. The maximum Gasteiger partial charge on any atom is 0.251 e. The zero-order chi connectivity index (χ0) is 38.4. The number of aromatic nitrogens is 4. The minimum absolute atomic E-state index is 0.193. The molecule has 1 saturated heterocycles. The van der Waals surface area contributed by atoms with Crippen LogP contribution in [0.15, 0.2) is 102 Å². The van der Waals surface area contributed by atoms with E-state index in [9.17, 15) is 4.79 Å². The number of rotatable bonds is 13. The van der Waals surface area contributed by atoms with E-state index in [1.54, 1.807) is 37.6 Å². The van der Waals surface area contributed by atoms with E-state index >= 15 is 0 Å². The first-order valence-corrected chi connectivity index (χ1v) is 18.9. The van der Waals surface area contributed by atoms with Gasteiger partial charge in [-0.05, 0) is 63.1 Å². The van der Waals surface area contributed by atoms with Crippen molar-refractivity contribution in [3.63, 3.8) is 0 Å². The molecular formula is C43H45N9O4. The molecule has 0 atom stereocenters. The van der Waals surface area contributed by atoms with Gasteiger partial charge in [-0.25, -0.2) is 14.7 Å². The molecule has 6 aromatic rings. The molecule has 286 valence electrons. The molecule has 0 radical (unpaired) electrons. The molecule has 3 heterocycles. The van der Waals surface area contributed by atoms with Gasteiger partial charge in [-0.15, -0.1) is 0 Å². The number of aliphatic imine (C=N–C) groups is 1. The van der Waals surface area contributed by atoms with Crippen molar-refractivity contribution >= 4 is 45.7 Å². The van der Waals surface area contributed by atoms with Crippen molar-refractivity contribution in [3.8, 4) is 23.1 Å². The highest BCUT2D eigenvalue weighted by atomic mass is 16.5. The largest absolute Gasteiger partial charge is 0.497 e. The second-order valence-electron chi connectivity index (χ2n) is 14.0. The molecule has 2 aromatic heterocycles. The molecular weight excluding hydrogens is 707 g/mol. The van der Waals surface area contributed by atoms with Gasteiger partial charge < -0.3 is 30.2 Å². The first-order chi connectivity index (χ1) is 27.4. The molecule has 1 aliphatic carbocycles. The molecule has 1 saturated carbocycles. The Hall–Kier alpha value is -6.31. The normalized spacial score (nSPS) is 14.7. The highest BCUT2D eigenvalue weighted by Gasteiger charge is 2.27. The number of amidine groups is 1. The van der Waals surface area contributed by atoms with Crippen molar-refractivity contribution in [2.45, 2.75) is 32.6 Å². The number of anilines is 3. The molecule has 1 aliphatic heterocycles. The number of carbonyl (C=O) groups is 1. The summed E-state index contributed by atoms with van der Waals surface area (Å²) in [6, 6.07) is 29.3. The van der Waals surface area contributed by atoms with E-state index in [0.717, 1.165) is 59.1 Å². The predicted molar refractivity (Wildman–Crippen MR) is 219 cm³/mol. The number of hydrogen-bond donors (Lipinski definition) is 3. The smallest absolute Gasteiger partial charge is 0.251 e. The highest BCUT2D eigenvalue weighted by Crippen LogP contribution is 2.41. The van der Waals surface area contributed by atoms with Gasteiger partial charge in [-0.1, -0.05) is 42.0 Å². The van der Waals surface area contributed by atoms with Crippen LogP contribution in [-0.4, -0.2) is 82.9 Å². The fraction of sp³-hybridized carbons (Fsp3) is 0.279. The average molecular weight is 752 g/mol. The summed E-state index contributed by atoms with van der Waals surface area (Å²) in [5, 5.41) is 16.5. The summed E-state index contributed by atoms with van der Waals surface area (Å²) in [6.07, 6.45) is 3.95. The quantitative estimate of drug-likeness (QED) is 0.0792. The van der Waals surface area contributed by atoms with Crippen LogP contribution < -0.4 is 25.4 Å². The van der Waals surface area contributed by atoms with E-state index in [0.29, 0.717) is 60.3 Å². The summed E-state index contributed by atoms with van der Waals surface area (Å²) >= 11 is 0. The van der Waals surface area contributed by atoms with Crippen LogP contribution in [0.3, 0.4) is 0 Å². The first kappa shape index (κ1) is 36.7. The van der Waals surface area contributed by atoms with Crippen LogP contribution in [0.2, 0.25) is 0 Å². The van der Waals surface area contributed by atoms with Crippen LogP contribution >= 0.6 is 0 Å². The van der Waals surface area contributed by atoms with Crippen LogP contribution in [0.1, 0.15) is 47.3 Å². The number of ether oxygens (including phenoxy) is 3. The van der Waals surface area contributed by atoms with E-state index < -0.39 is 0 Å². The summed E-state index contributed by atoms with van der Waals surface area (Å²) in [6.45, 7) is 8.50. The molecule has 2 fully saturated rings. The predicted octanol–water partition coefficient (Wildman–Crippen LogP) is 7.77. The summed E-state index contributed by atoms with van der Waals surface area (Å²) in [7, 11) is 1.57. The van der Waals surface area contributed by atoms with E-state index in [1.807, 2.05) is 48.0 Å². The van der Waals surface area contributed by atoms with Crippen LogP contribution in [0.4, 0.5) is 23.1 Å². The Morgan fingerprint density at radius 3 is 2.55 bits per heavy atom. The highest BCUT2D eigenvalue weighted by molar-refractivity contribution is 6.05.